The summed E-state index contributed by atoms with van der Waals surface area (Å²) in [6, 6.07) is 5.48. The minimum absolute atomic E-state index is 0.0366. The highest BCUT2D eigenvalue weighted by atomic mass is 32.2. The van der Waals surface area contributed by atoms with Gasteiger partial charge in [-0.3, -0.25) is 18.9 Å². The Morgan fingerprint density at radius 3 is 2.83 bits per heavy atom. The number of aliphatic hydroxyl groups is 1. The van der Waals surface area contributed by atoms with E-state index >= 15 is 0 Å². The number of aromatic nitrogens is 2. The predicted octanol–water partition coefficient (Wildman–Crippen LogP) is 3.02. The maximum atomic E-state index is 13.2. The summed E-state index contributed by atoms with van der Waals surface area (Å²) in [5, 5.41) is 12.2. The lowest BCUT2D eigenvalue weighted by atomic mass is 9.94. The number of carbonyl (C=O) groups is 1. The van der Waals surface area contributed by atoms with Gasteiger partial charge >= 0.3 is 0 Å². The van der Waals surface area contributed by atoms with Gasteiger partial charge in [0.15, 0.2) is 0 Å². The topological polar surface area (TPSA) is 86.9 Å². The molecule has 4 rings (SSSR count). The molecule has 9 heteroatoms. The summed E-state index contributed by atoms with van der Waals surface area (Å²) in [6.07, 6.45) is 9.14. The molecular formula is C21H24N4O3S2. The molecule has 2 aliphatic rings. The van der Waals surface area contributed by atoms with Gasteiger partial charge in [0.1, 0.15) is 15.8 Å². The van der Waals surface area contributed by atoms with Gasteiger partial charge in [-0.2, -0.15) is 0 Å². The molecule has 0 bridgehead atoms. The number of nitrogens with zero attached hydrogens (tertiary/aromatic N) is 3. The van der Waals surface area contributed by atoms with Crippen molar-refractivity contribution in [2.45, 2.75) is 44.6 Å². The van der Waals surface area contributed by atoms with E-state index < -0.39 is 0 Å². The van der Waals surface area contributed by atoms with Crippen LogP contribution in [0.15, 0.2) is 34.1 Å². The molecule has 1 aliphatic carbocycles. The Hall–Kier alpha value is -2.23. The molecule has 158 valence electrons. The van der Waals surface area contributed by atoms with Crippen LogP contribution in [0.4, 0.5) is 5.82 Å². The number of anilines is 1. The highest BCUT2D eigenvalue weighted by Gasteiger charge is 2.37. The predicted molar refractivity (Wildman–Crippen MR) is 124 cm³/mol. The lowest BCUT2D eigenvalue weighted by Crippen LogP contribution is -2.39. The number of aliphatic hydroxyl groups excluding tert-OH is 1. The molecule has 0 radical (unpaired) electrons. The van der Waals surface area contributed by atoms with E-state index in [4.69, 9.17) is 17.3 Å². The van der Waals surface area contributed by atoms with Crippen LogP contribution in [-0.2, 0) is 4.79 Å². The Balaban J connectivity index is 1.72. The van der Waals surface area contributed by atoms with Gasteiger partial charge in [-0.1, -0.05) is 49.3 Å². The molecule has 2 aromatic heterocycles. The number of hydrogen-bond acceptors (Lipinski definition) is 7. The molecule has 1 aliphatic heterocycles. The second kappa shape index (κ2) is 9.28. The van der Waals surface area contributed by atoms with Crippen molar-refractivity contribution in [3.05, 3.63) is 45.2 Å². The molecule has 30 heavy (non-hydrogen) atoms. The minimum atomic E-state index is -0.255. The SMILES string of the molecule is O=C1/C(=C/c2c(NCCCO)nc3ccccn3c2=O)SC(=S)N1C1CCCCC1. The molecule has 1 saturated heterocycles. The van der Waals surface area contributed by atoms with Crippen LogP contribution in [0.5, 0.6) is 0 Å². The lowest BCUT2D eigenvalue weighted by molar-refractivity contribution is -0.124. The van der Waals surface area contributed by atoms with Gasteiger partial charge in [0.05, 0.1) is 10.5 Å². The van der Waals surface area contributed by atoms with Gasteiger partial charge in [-0.25, -0.2) is 4.98 Å². The summed E-state index contributed by atoms with van der Waals surface area (Å²) < 4.78 is 2.02. The van der Waals surface area contributed by atoms with E-state index in [1.165, 1.54) is 22.6 Å². The first-order valence-corrected chi connectivity index (χ1v) is 11.5. The van der Waals surface area contributed by atoms with Gasteiger partial charge in [0.25, 0.3) is 11.5 Å². The van der Waals surface area contributed by atoms with E-state index in [1.54, 1.807) is 29.3 Å². The third-order valence-corrected chi connectivity index (χ3v) is 6.77. The van der Waals surface area contributed by atoms with Crippen molar-refractivity contribution in [2.75, 3.05) is 18.5 Å². The monoisotopic (exact) mass is 444 g/mol. The number of pyridine rings is 1. The van der Waals surface area contributed by atoms with E-state index in [1.807, 2.05) is 6.07 Å². The fraction of sp³-hybridized carbons (Fsp3) is 0.429. The Morgan fingerprint density at radius 1 is 1.27 bits per heavy atom. The second-order valence-electron chi connectivity index (χ2n) is 7.46. The number of thioether (sulfide) groups is 1. The van der Waals surface area contributed by atoms with Crippen molar-refractivity contribution in [2.24, 2.45) is 0 Å². The van der Waals surface area contributed by atoms with Gasteiger partial charge < -0.3 is 10.4 Å². The molecular weight excluding hydrogens is 420 g/mol. The standard InChI is InChI=1S/C21H24N4O3S2/c26-12-6-10-22-18-15(19(27)24-11-5-4-9-17(24)23-18)13-16-20(28)25(21(29)30-16)14-7-2-1-3-8-14/h4-5,9,11,13-14,22,26H,1-3,6-8,10,12H2/b16-13-. The van der Waals surface area contributed by atoms with Crippen molar-refractivity contribution < 1.29 is 9.90 Å². The number of carbonyl (C=O) groups excluding carboxylic acids is 1. The van der Waals surface area contributed by atoms with Gasteiger partial charge in [0, 0.05) is 25.4 Å². The van der Waals surface area contributed by atoms with Crippen molar-refractivity contribution in [1.82, 2.24) is 14.3 Å². The van der Waals surface area contributed by atoms with Crippen molar-refractivity contribution in [1.29, 1.82) is 0 Å². The van der Waals surface area contributed by atoms with Crippen LogP contribution < -0.4 is 10.9 Å². The summed E-state index contributed by atoms with van der Waals surface area (Å²) in [6.45, 7) is 0.505. The molecule has 7 nitrogen and oxygen atoms in total. The summed E-state index contributed by atoms with van der Waals surface area (Å²) in [5.41, 5.74) is 0.580. The zero-order chi connectivity index (χ0) is 21.1. The Labute approximate surface area is 184 Å². The molecule has 2 N–H and O–H groups in total. The van der Waals surface area contributed by atoms with E-state index in [-0.39, 0.29) is 24.1 Å². The highest BCUT2D eigenvalue weighted by molar-refractivity contribution is 8.26. The van der Waals surface area contributed by atoms with Crippen molar-refractivity contribution >= 4 is 51.7 Å². The maximum Gasteiger partial charge on any atom is 0.267 e. The molecule has 0 unspecified atom stereocenters. The van der Waals surface area contributed by atoms with Gasteiger partial charge in [-0.05, 0) is 37.5 Å². The second-order valence-corrected chi connectivity index (χ2v) is 9.13. The molecule has 1 saturated carbocycles. The van der Waals surface area contributed by atoms with Crippen molar-refractivity contribution in [3.8, 4) is 0 Å². The van der Waals surface area contributed by atoms with Crippen LogP contribution in [0.3, 0.4) is 0 Å². The third-order valence-electron chi connectivity index (χ3n) is 5.44. The Bertz CT molecular complexity index is 1060. The normalized spacial score (nSPS) is 19.2. The number of nitrogens with one attached hydrogen (secondary N) is 1. The minimum Gasteiger partial charge on any atom is -0.396 e. The van der Waals surface area contributed by atoms with Crippen molar-refractivity contribution in [3.63, 3.8) is 0 Å². The molecule has 1 amide bonds. The van der Waals surface area contributed by atoms with E-state index in [0.717, 1.165) is 25.7 Å². The van der Waals surface area contributed by atoms with Crippen LogP contribution in [-0.4, -0.2) is 48.8 Å². The van der Waals surface area contributed by atoms with Crippen LogP contribution >= 0.6 is 24.0 Å². The average Bonchev–Trinajstić information content (AvgIpc) is 3.04. The third kappa shape index (κ3) is 4.14. The molecule has 0 aromatic carbocycles. The first kappa shape index (κ1) is 21.0. The number of rotatable bonds is 6. The summed E-state index contributed by atoms with van der Waals surface area (Å²) in [4.78, 5) is 33.0. The number of thiocarbonyl (C=S) groups is 1. The van der Waals surface area contributed by atoms with Gasteiger partial charge in [-0.15, -0.1) is 0 Å². The number of fused-ring (bicyclic) bond motifs is 1. The smallest absolute Gasteiger partial charge is 0.267 e. The number of hydrogen-bond donors (Lipinski definition) is 2. The van der Waals surface area contributed by atoms with Crippen LogP contribution in [0, 0.1) is 0 Å². The Morgan fingerprint density at radius 2 is 2.07 bits per heavy atom. The Kier molecular flexibility index (Phi) is 6.50. The lowest BCUT2D eigenvalue weighted by Gasteiger charge is -2.29. The first-order chi connectivity index (χ1) is 14.6. The largest absolute Gasteiger partial charge is 0.396 e. The van der Waals surface area contributed by atoms with Gasteiger partial charge in [0.2, 0.25) is 0 Å². The molecule has 0 spiro atoms. The fourth-order valence-electron chi connectivity index (χ4n) is 3.92. The zero-order valence-electron chi connectivity index (χ0n) is 16.5. The first-order valence-electron chi connectivity index (χ1n) is 10.2. The molecule has 2 aromatic rings. The molecule has 3 heterocycles. The number of amides is 1. The van der Waals surface area contributed by atoms with E-state index in [9.17, 15) is 9.59 Å². The zero-order valence-corrected chi connectivity index (χ0v) is 18.2. The van der Waals surface area contributed by atoms with Crippen LogP contribution in [0.1, 0.15) is 44.1 Å². The highest BCUT2D eigenvalue weighted by Crippen LogP contribution is 2.37. The molecule has 0 atom stereocenters. The fourth-order valence-corrected chi connectivity index (χ4v) is 5.30. The average molecular weight is 445 g/mol. The maximum absolute atomic E-state index is 13.2. The van der Waals surface area contributed by atoms with E-state index in [0.29, 0.717) is 39.2 Å². The summed E-state index contributed by atoms with van der Waals surface area (Å²) >= 11 is 6.75. The quantitative estimate of drug-likeness (QED) is 0.402. The molecule has 2 fully saturated rings. The van der Waals surface area contributed by atoms with E-state index in [2.05, 4.69) is 10.3 Å². The summed E-state index contributed by atoms with van der Waals surface area (Å²) in [5.74, 6) is 0.276. The van der Waals surface area contributed by atoms with Crippen LogP contribution in [0.2, 0.25) is 0 Å². The summed E-state index contributed by atoms with van der Waals surface area (Å²) in [7, 11) is 0. The van der Waals surface area contributed by atoms with Crippen LogP contribution in [0.25, 0.3) is 11.7 Å².